The molecular formula is C13H25NO2. The van der Waals surface area contributed by atoms with Crippen molar-refractivity contribution >= 4 is 6.09 Å². The van der Waals surface area contributed by atoms with Gasteiger partial charge in [-0.05, 0) is 39.0 Å². The van der Waals surface area contributed by atoms with Crippen molar-refractivity contribution in [2.24, 2.45) is 0 Å². The molecule has 3 heteroatoms. The largest absolute Gasteiger partial charge is 0.446 e. The molecule has 3 nitrogen and oxygen atoms in total. The van der Waals surface area contributed by atoms with Crippen LogP contribution in [0.25, 0.3) is 0 Å². The highest BCUT2D eigenvalue weighted by molar-refractivity contribution is 5.68. The van der Waals surface area contributed by atoms with E-state index in [0.29, 0.717) is 6.04 Å². The Morgan fingerprint density at radius 3 is 2.81 bits per heavy atom. The van der Waals surface area contributed by atoms with Gasteiger partial charge in [-0.15, -0.1) is 0 Å². The Kier molecular flexibility index (Phi) is 5.64. The summed E-state index contributed by atoms with van der Waals surface area (Å²) in [5.41, 5.74) is 0. The van der Waals surface area contributed by atoms with E-state index in [4.69, 9.17) is 4.74 Å². The van der Waals surface area contributed by atoms with Gasteiger partial charge in [-0.25, -0.2) is 4.79 Å². The molecule has 0 radical (unpaired) electrons. The minimum atomic E-state index is -0.104. The third kappa shape index (κ3) is 3.69. The molecule has 0 aromatic carbocycles. The Balaban J connectivity index is 2.50. The first-order valence-electron chi connectivity index (χ1n) is 6.66. The minimum Gasteiger partial charge on any atom is -0.446 e. The van der Waals surface area contributed by atoms with Gasteiger partial charge in [0, 0.05) is 12.6 Å². The van der Waals surface area contributed by atoms with Crippen LogP contribution < -0.4 is 0 Å². The van der Waals surface area contributed by atoms with Gasteiger partial charge in [0.1, 0.15) is 6.10 Å². The van der Waals surface area contributed by atoms with Crippen molar-refractivity contribution in [3.05, 3.63) is 0 Å². The van der Waals surface area contributed by atoms with Gasteiger partial charge in [0.05, 0.1) is 0 Å². The number of hydrogen-bond acceptors (Lipinski definition) is 2. The summed E-state index contributed by atoms with van der Waals surface area (Å²) >= 11 is 0. The molecule has 0 bridgehead atoms. The number of carbonyl (C=O) groups is 1. The molecule has 1 rings (SSSR count). The fourth-order valence-corrected chi connectivity index (χ4v) is 2.20. The summed E-state index contributed by atoms with van der Waals surface area (Å²) in [6.07, 6.45) is 6.58. The van der Waals surface area contributed by atoms with E-state index in [1.807, 2.05) is 18.7 Å². The SMILES string of the molecule is CCCC1CCCCN1C(=O)OC(C)CC. The Labute approximate surface area is 99.1 Å². The summed E-state index contributed by atoms with van der Waals surface area (Å²) in [6.45, 7) is 7.04. The van der Waals surface area contributed by atoms with E-state index in [0.717, 1.165) is 38.6 Å². The average Bonchev–Trinajstić information content (AvgIpc) is 2.30. The summed E-state index contributed by atoms with van der Waals surface area (Å²) in [5, 5.41) is 0. The lowest BCUT2D eigenvalue weighted by Crippen LogP contribution is -2.44. The van der Waals surface area contributed by atoms with E-state index in [9.17, 15) is 4.79 Å². The van der Waals surface area contributed by atoms with E-state index < -0.39 is 0 Å². The van der Waals surface area contributed by atoms with Crippen LogP contribution in [0.15, 0.2) is 0 Å². The highest BCUT2D eigenvalue weighted by atomic mass is 16.6. The summed E-state index contributed by atoms with van der Waals surface area (Å²) in [7, 11) is 0. The fraction of sp³-hybridized carbons (Fsp3) is 0.923. The predicted molar refractivity (Wildman–Crippen MR) is 65.5 cm³/mol. The molecular weight excluding hydrogens is 202 g/mol. The molecule has 1 fully saturated rings. The molecule has 1 amide bonds. The molecule has 94 valence electrons. The fourth-order valence-electron chi connectivity index (χ4n) is 2.20. The van der Waals surface area contributed by atoms with Crippen molar-refractivity contribution in [3.63, 3.8) is 0 Å². The maximum Gasteiger partial charge on any atom is 0.410 e. The van der Waals surface area contributed by atoms with Crippen molar-refractivity contribution in [2.75, 3.05) is 6.54 Å². The monoisotopic (exact) mass is 227 g/mol. The molecule has 1 saturated heterocycles. The Bertz CT molecular complexity index is 216. The van der Waals surface area contributed by atoms with Gasteiger partial charge in [0.25, 0.3) is 0 Å². The van der Waals surface area contributed by atoms with Crippen LogP contribution in [0.1, 0.15) is 59.3 Å². The lowest BCUT2D eigenvalue weighted by molar-refractivity contribution is 0.0446. The summed E-state index contributed by atoms with van der Waals surface area (Å²) in [5.74, 6) is 0. The van der Waals surface area contributed by atoms with Crippen LogP contribution in [0, 0.1) is 0 Å². The zero-order valence-electron chi connectivity index (χ0n) is 10.9. The second kappa shape index (κ2) is 6.77. The molecule has 2 unspecified atom stereocenters. The number of amides is 1. The normalized spacial score (nSPS) is 22.9. The first-order valence-corrected chi connectivity index (χ1v) is 6.66. The van der Waals surface area contributed by atoms with Crippen LogP contribution in [-0.4, -0.2) is 29.7 Å². The first-order chi connectivity index (χ1) is 7.69. The topological polar surface area (TPSA) is 29.5 Å². The molecule has 0 saturated carbocycles. The van der Waals surface area contributed by atoms with Crippen LogP contribution in [0.3, 0.4) is 0 Å². The molecule has 1 heterocycles. The van der Waals surface area contributed by atoms with Crippen molar-refractivity contribution < 1.29 is 9.53 Å². The van der Waals surface area contributed by atoms with Crippen LogP contribution >= 0.6 is 0 Å². The quantitative estimate of drug-likeness (QED) is 0.734. The van der Waals surface area contributed by atoms with E-state index in [1.54, 1.807) is 0 Å². The number of piperidine rings is 1. The number of ether oxygens (including phenoxy) is 1. The Morgan fingerprint density at radius 1 is 1.44 bits per heavy atom. The average molecular weight is 227 g/mol. The van der Waals surface area contributed by atoms with Gasteiger partial charge >= 0.3 is 6.09 Å². The second-order valence-corrected chi connectivity index (χ2v) is 4.73. The van der Waals surface area contributed by atoms with Gasteiger partial charge in [-0.1, -0.05) is 20.3 Å². The predicted octanol–water partition coefficient (Wildman–Crippen LogP) is 3.58. The van der Waals surface area contributed by atoms with Crippen molar-refractivity contribution in [3.8, 4) is 0 Å². The third-order valence-electron chi connectivity index (χ3n) is 3.36. The molecule has 1 aliphatic rings. The molecule has 0 spiro atoms. The van der Waals surface area contributed by atoms with Crippen LogP contribution in [0.4, 0.5) is 4.79 Å². The van der Waals surface area contributed by atoms with E-state index in [1.165, 1.54) is 6.42 Å². The van der Waals surface area contributed by atoms with Crippen molar-refractivity contribution in [1.29, 1.82) is 0 Å². The Hall–Kier alpha value is -0.730. The number of likely N-dealkylation sites (tertiary alicyclic amines) is 1. The molecule has 0 aliphatic carbocycles. The highest BCUT2D eigenvalue weighted by Crippen LogP contribution is 2.22. The molecule has 0 aromatic heterocycles. The molecule has 0 aromatic rings. The zero-order valence-corrected chi connectivity index (χ0v) is 10.9. The van der Waals surface area contributed by atoms with Crippen LogP contribution in [0.2, 0.25) is 0 Å². The van der Waals surface area contributed by atoms with Crippen molar-refractivity contribution in [1.82, 2.24) is 4.90 Å². The summed E-state index contributed by atoms with van der Waals surface area (Å²) in [6, 6.07) is 0.412. The van der Waals surface area contributed by atoms with Crippen LogP contribution in [-0.2, 0) is 4.74 Å². The van der Waals surface area contributed by atoms with Crippen LogP contribution in [0.5, 0.6) is 0 Å². The highest BCUT2D eigenvalue weighted by Gasteiger charge is 2.27. The number of hydrogen-bond donors (Lipinski definition) is 0. The molecule has 0 N–H and O–H groups in total. The molecule has 16 heavy (non-hydrogen) atoms. The van der Waals surface area contributed by atoms with Gasteiger partial charge in [-0.3, -0.25) is 0 Å². The standard InChI is InChI=1S/C13H25NO2/c1-4-8-12-9-6-7-10-14(12)13(15)16-11(3)5-2/h11-12H,4-10H2,1-3H3. The smallest absolute Gasteiger partial charge is 0.410 e. The van der Waals surface area contributed by atoms with Gasteiger partial charge in [-0.2, -0.15) is 0 Å². The van der Waals surface area contributed by atoms with Gasteiger partial charge < -0.3 is 9.64 Å². The number of carbonyl (C=O) groups excluding carboxylic acids is 1. The van der Waals surface area contributed by atoms with E-state index in [-0.39, 0.29) is 12.2 Å². The minimum absolute atomic E-state index is 0.0386. The molecule has 1 aliphatic heterocycles. The zero-order chi connectivity index (χ0) is 12.0. The maximum atomic E-state index is 12.0. The lowest BCUT2D eigenvalue weighted by atomic mass is 9.99. The number of rotatable bonds is 4. The summed E-state index contributed by atoms with van der Waals surface area (Å²) in [4.78, 5) is 13.9. The van der Waals surface area contributed by atoms with E-state index in [2.05, 4.69) is 6.92 Å². The van der Waals surface area contributed by atoms with Gasteiger partial charge in [0.15, 0.2) is 0 Å². The first kappa shape index (κ1) is 13.3. The molecule has 2 atom stereocenters. The van der Waals surface area contributed by atoms with Gasteiger partial charge in [0.2, 0.25) is 0 Å². The lowest BCUT2D eigenvalue weighted by Gasteiger charge is -2.35. The third-order valence-corrected chi connectivity index (χ3v) is 3.36. The second-order valence-electron chi connectivity index (χ2n) is 4.73. The summed E-state index contributed by atoms with van der Waals surface area (Å²) < 4.78 is 5.40. The maximum absolute atomic E-state index is 12.0. The number of nitrogens with zero attached hydrogens (tertiary/aromatic N) is 1. The van der Waals surface area contributed by atoms with E-state index >= 15 is 0 Å². The Morgan fingerprint density at radius 2 is 2.19 bits per heavy atom. The van der Waals surface area contributed by atoms with Crippen molar-refractivity contribution in [2.45, 2.75) is 71.4 Å².